The molecule has 0 bridgehead atoms. The Morgan fingerprint density at radius 2 is 1.76 bits per heavy atom. The first-order chi connectivity index (χ1) is 10.1. The summed E-state index contributed by atoms with van der Waals surface area (Å²) in [5, 5.41) is 5.47. The summed E-state index contributed by atoms with van der Waals surface area (Å²) in [6, 6.07) is 13.5. The second-order valence-corrected chi connectivity index (χ2v) is 5.60. The van der Waals surface area contributed by atoms with E-state index in [0.29, 0.717) is 21.4 Å². The number of anilines is 1. The van der Waals surface area contributed by atoms with Crippen LogP contribution in [0.5, 0.6) is 0 Å². The molecule has 106 valence electrons. The predicted octanol–water partition coefficient (Wildman–Crippen LogP) is 4.74. The van der Waals surface area contributed by atoms with Crippen molar-refractivity contribution in [3.63, 3.8) is 0 Å². The zero-order valence-corrected chi connectivity index (χ0v) is 12.9. The molecule has 0 fully saturated rings. The van der Waals surface area contributed by atoms with Crippen molar-refractivity contribution in [2.75, 3.05) is 5.73 Å². The van der Waals surface area contributed by atoms with Crippen molar-refractivity contribution in [1.29, 1.82) is 0 Å². The lowest BCUT2D eigenvalue weighted by Crippen LogP contribution is -1.94. The Morgan fingerprint density at radius 1 is 1.05 bits per heavy atom. The van der Waals surface area contributed by atoms with Crippen LogP contribution in [0.3, 0.4) is 0 Å². The van der Waals surface area contributed by atoms with Gasteiger partial charge >= 0.3 is 0 Å². The predicted molar refractivity (Wildman–Crippen MR) is 88.2 cm³/mol. The molecule has 0 saturated carbocycles. The Bertz CT molecular complexity index is 792. The second-order valence-electron chi connectivity index (χ2n) is 4.81. The molecule has 0 aliphatic carbocycles. The van der Waals surface area contributed by atoms with Gasteiger partial charge in [0.25, 0.3) is 0 Å². The van der Waals surface area contributed by atoms with E-state index >= 15 is 0 Å². The lowest BCUT2D eigenvalue weighted by Gasteiger charge is -2.04. The minimum atomic E-state index is 0.458. The summed E-state index contributed by atoms with van der Waals surface area (Å²) in [5.41, 5.74) is 10.1. The standard InChI is InChI=1S/C16H13Cl2N3/c1-10-5-7-11(8-6-10)21-9-14(19)16(20-21)12-3-2-4-13(17)15(12)18/h2-9H,19H2,1H3. The van der Waals surface area contributed by atoms with E-state index in [4.69, 9.17) is 28.9 Å². The van der Waals surface area contributed by atoms with Gasteiger partial charge in [0.05, 0.1) is 27.6 Å². The summed E-state index contributed by atoms with van der Waals surface area (Å²) in [4.78, 5) is 0. The summed E-state index contributed by atoms with van der Waals surface area (Å²) in [7, 11) is 0. The van der Waals surface area contributed by atoms with Crippen molar-refractivity contribution in [2.24, 2.45) is 0 Å². The summed E-state index contributed by atoms with van der Waals surface area (Å²) >= 11 is 12.3. The lowest BCUT2D eigenvalue weighted by atomic mass is 10.1. The number of nitrogen functional groups attached to an aromatic ring is 1. The highest BCUT2D eigenvalue weighted by Crippen LogP contribution is 2.35. The molecule has 3 aromatic rings. The van der Waals surface area contributed by atoms with Crippen molar-refractivity contribution in [2.45, 2.75) is 6.92 Å². The minimum absolute atomic E-state index is 0.458. The summed E-state index contributed by atoms with van der Waals surface area (Å²) in [6.07, 6.45) is 1.78. The molecular formula is C16H13Cl2N3. The third kappa shape index (κ3) is 2.62. The van der Waals surface area contributed by atoms with Crippen LogP contribution in [-0.2, 0) is 0 Å². The minimum Gasteiger partial charge on any atom is -0.396 e. The van der Waals surface area contributed by atoms with Crippen LogP contribution in [0.15, 0.2) is 48.7 Å². The van der Waals surface area contributed by atoms with Gasteiger partial charge in [0.1, 0.15) is 5.69 Å². The van der Waals surface area contributed by atoms with Crippen LogP contribution in [0.25, 0.3) is 16.9 Å². The van der Waals surface area contributed by atoms with E-state index in [0.717, 1.165) is 11.3 Å². The molecule has 0 atom stereocenters. The van der Waals surface area contributed by atoms with Crippen molar-refractivity contribution < 1.29 is 0 Å². The molecule has 3 nitrogen and oxygen atoms in total. The van der Waals surface area contributed by atoms with E-state index in [-0.39, 0.29) is 0 Å². The highest BCUT2D eigenvalue weighted by Gasteiger charge is 2.14. The van der Waals surface area contributed by atoms with E-state index in [1.54, 1.807) is 16.9 Å². The van der Waals surface area contributed by atoms with E-state index in [1.807, 2.05) is 43.3 Å². The van der Waals surface area contributed by atoms with Gasteiger partial charge in [-0.05, 0) is 25.1 Å². The Labute approximate surface area is 132 Å². The molecule has 0 amide bonds. The van der Waals surface area contributed by atoms with Gasteiger partial charge in [-0.2, -0.15) is 5.10 Å². The van der Waals surface area contributed by atoms with Crippen LogP contribution in [0.1, 0.15) is 5.56 Å². The van der Waals surface area contributed by atoms with Crippen LogP contribution >= 0.6 is 23.2 Å². The van der Waals surface area contributed by atoms with Crippen molar-refractivity contribution in [1.82, 2.24) is 9.78 Å². The van der Waals surface area contributed by atoms with Crippen molar-refractivity contribution in [3.05, 3.63) is 64.3 Å². The molecule has 1 aromatic heterocycles. The molecular weight excluding hydrogens is 305 g/mol. The molecule has 0 unspecified atom stereocenters. The normalized spacial score (nSPS) is 10.8. The average molecular weight is 318 g/mol. The Morgan fingerprint density at radius 3 is 2.48 bits per heavy atom. The van der Waals surface area contributed by atoms with E-state index < -0.39 is 0 Å². The van der Waals surface area contributed by atoms with E-state index in [9.17, 15) is 0 Å². The fourth-order valence-electron chi connectivity index (χ4n) is 2.11. The topological polar surface area (TPSA) is 43.8 Å². The number of hydrogen-bond donors (Lipinski definition) is 1. The SMILES string of the molecule is Cc1ccc(-n2cc(N)c(-c3cccc(Cl)c3Cl)n2)cc1. The zero-order valence-electron chi connectivity index (χ0n) is 11.3. The summed E-state index contributed by atoms with van der Waals surface area (Å²) in [5.74, 6) is 0. The first-order valence-electron chi connectivity index (χ1n) is 6.43. The summed E-state index contributed by atoms with van der Waals surface area (Å²) < 4.78 is 1.74. The smallest absolute Gasteiger partial charge is 0.117 e. The third-order valence-corrected chi connectivity index (χ3v) is 4.07. The fraction of sp³-hybridized carbons (Fsp3) is 0.0625. The van der Waals surface area contributed by atoms with Crippen molar-refractivity contribution >= 4 is 28.9 Å². The molecule has 0 aliphatic heterocycles. The molecule has 1 heterocycles. The highest BCUT2D eigenvalue weighted by atomic mass is 35.5. The van der Waals surface area contributed by atoms with Crippen LogP contribution in [0.2, 0.25) is 10.0 Å². The number of nitrogens with two attached hydrogens (primary N) is 1. The van der Waals surface area contributed by atoms with Crippen LogP contribution in [-0.4, -0.2) is 9.78 Å². The number of nitrogens with zero attached hydrogens (tertiary/aromatic N) is 2. The third-order valence-electron chi connectivity index (χ3n) is 3.25. The first-order valence-corrected chi connectivity index (χ1v) is 7.18. The molecule has 3 rings (SSSR count). The van der Waals surface area contributed by atoms with Gasteiger partial charge < -0.3 is 5.73 Å². The van der Waals surface area contributed by atoms with Crippen LogP contribution < -0.4 is 5.73 Å². The van der Waals surface area contributed by atoms with Crippen LogP contribution in [0, 0.1) is 6.92 Å². The number of benzene rings is 2. The number of hydrogen-bond acceptors (Lipinski definition) is 2. The Balaban J connectivity index is 2.10. The number of aromatic nitrogens is 2. The monoisotopic (exact) mass is 317 g/mol. The number of aryl methyl sites for hydroxylation is 1. The van der Waals surface area contributed by atoms with Gasteiger partial charge in [-0.1, -0.05) is 53.0 Å². The maximum Gasteiger partial charge on any atom is 0.117 e. The molecule has 0 aliphatic rings. The van der Waals surface area contributed by atoms with Crippen LogP contribution in [0.4, 0.5) is 5.69 Å². The number of halogens is 2. The Hall–Kier alpha value is -1.97. The molecule has 2 N–H and O–H groups in total. The van der Waals surface area contributed by atoms with E-state index in [2.05, 4.69) is 5.10 Å². The molecule has 0 spiro atoms. The molecule has 21 heavy (non-hydrogen) atoms. The second kappa shape index (κ2) is 5.43. The van der Waals surface area contributed by atoms with E-state index in [1.165, 1.54) is 5.56 Å². The number of rotatable bonds is 2. The quantitative estimate of drug-likeness (QED) is 0.742. The average Bonchev–Trinajstić information content (AvgIpc) is 2.84. The van der Waals surface area contributed by atoms with Gasteiger partial charge in [0.2, 0.25) is 0 Å². The Kier molecular flexibility index (Phi) is 3.62. The maximum absolute atomic E-state index is 6.24. The zero-order chi connectivity index (χ0) is 15.0. The fourth-order valence-corrected chi connectivity index (χ4v) is 2.50. The van der Waals surface area contributed by atoms with Gasteiger partial charge in [-0.3, -0.25) is 0 Å². The molecule has 5 heteroatoms. The highest BCUT2D eigenvalue weighted by molar-refractivity contribution is 6.43. The summed E-state index contributed by atoms with van der Waals surface area (Å²) in [6.45, 7) is 2.04. The van der Waals surface area contributed by atoms with Crippen molar-refractivity contribution in [3.8, 4) is 16.9 Å². The van der Waals surface area contributed by atoms with Gasteiger partial charge in [-0.25, -0.2) is 4.68 Å². The van der Waals surface area contributed by atoms with Gasteiger partial charge in [0, 0.05) is 5.56 Å². The largest absolute Gasteiger partial charge is 0.396 e. The molecule has 2 aromatic carbocycles. The molecule has 0 radical (unpaired) electrons. The molecule has 0 saturated heterocycles. The van der Waals surface area contributed by atoms with Gasteiger partial charge in [-0.15, -0.1) is 0 Å². The first kappa shape index (κ1) is 14.0. The van der Waals surface area contributed by atoms with Gasteiger partial charge in [0.15, 0.2) is 0 Å². The maximum atomic E-state index is 6.24. The lowest BCUT2D eigenvalue weighted by molar-refractivity contribution is 0.884.